The van der Waals surface area contributed by atoms with Crippen LogP contribution in [0.25, 0.3) is 10.8 Å². The van der Waals surface area contributed by atoms with Gasteiger partial charge in [-0.05, 0) is 16.8 Å². The van der Waals surface area contributed by atoms with Gasteiger partial charge in [0.2, 0.25) is 0 Å². The highest BCUT2D eigenvalue weighted by molar-refractivity contribution is 9.10. The SMILES string of the molecule is C=C1CC(c2ccc(Br)c3ccccc23)OC1=O. The number of hydrogen-bond donors (Lipinski definition) is 0. The third kappa shape index (κ3) is 1.75. The van der Waals surface area contributed by atoms with E-state index in [1.807, 2.05) is 30.3 Å². The molecule has 1 aliphatic rings. The predicted molar refractivity (Wildman–Crippen MR) is 74.2 cm³/mol. The number of benzene rings is 2. The summed E-state index contributed by atoms with van der Waals surface area (Å²) in [6.45, 7) is 3.72. The molecule has 0 bridgehead atoms. The Morgan fingerprint density at radius 1 is 1.17 bits per heavy atom. The molecule has 0 radical (unpaired) electrons. The van der Waals surface area contributed by atoms with Gasteiger partial charge in [-0.3, -0.25) is 0 Å². The quantitative estimate of drug-likeness (QED) is 0.584. The molecule has 2 nitrogen and oxygen atoms in total. The van der Waals surface area contributed by atoms with Gasteiger partial charge in [0, 0.05) is 22.0 Å². The first-order valence-corrected chi connectivity index (χ1v) is 6.52. The molecule has 1 heterocycles. The maximum atomic E-state index is 11.4. The Kier molecular flexibility index (Phi) is 2.71. The number of cyclic esters (lactones) is 1. The van der Waals surface area contributed by atoms with E-state index in [1.54, 1.807) is 0 Å². The van der Waals surface area contributed by atoms with Crippen LogP contribution in [-0.2, 0) is 9.53 Å². The molecule has 0 N–H and O–H groups in total. The average molecular weight is 303 g/mol. The van der Waals surface area contributed by atoms with Crippen molar-refractivity contribution in [3.8, 4) is 0 Å². The van der Waals surface area contributed by atoms with Crippen LogP contribution >= 0.6 is 15.9 Å². The van der Waals surface area contributed by atoms with Crippen molar-refractivity contribution in [1.29, 1.82) is 0 Å². The summed E-state index contributed by atoms with van der Waals surface area (Å²) in [4.78, 5) is 11.4. The van der Waals surface area contributed by atoms with Gasteiger partial charge in [-0.15, -0.1) is 0 Å². The van der Waals surface area contributed by atoms with Crippen LogP contribution in [0.1, 0.15) is 18.1 Å². The summed E-state index contributed by atoms with van der Waals surface area (Å²) >= 11 is 3.54. The maximum Gasteiger partial charge on any atom is 0.334 e. The molecule has 3 heteroatoms. The fraction of sp³-hybridized carbons (Fsp3) is 0.133. The van der Waals surface area contributed by atoms with Gasteiger partial charge in [-0.25, -0.2) is 4.79 Å². The minimum absolute atomic E-state index is 0.206. The lowest BCUT2D eigenvalue weighted by molar-refractivity contribution is -0.139. The summed E-state index contributed by atoms with van der Waals surface area (Å²) in [6, 6.07) is 12.1. The molecule has 1 unspecified atom stereocenters. The molecular weight excluding hydrogens is 292 g/mol. The lowest BCUT2D eigenvalue weighted by atomic mass is 9.98. The lowest BCUT2D eigenvalue weighted by Crippen LogP contribution is -1.99. The second-order valence-electron chi connectivity index (χ2n) is 4.38. The minimum Gasteiger partial charge on any atom is -0.454 e. The van der Waals surface area contributed by atoms with E-state index in [-0.39, 0.29) is 12.1 Å². The Balaban J connectivity index is 2.16. The summed E-state index contributed by atoms with van der Waals surface area (Å²) in [5.41, 5.74) is 1.59. The van der Waals surface area contributed by atoms with Gasteiger partial charge >= 0.3 is 5.97 Å². The van der Waals surface area contributed by atoms with Gasteiger partial charge in [-0.1, -0.05) is 52.8 Å². The molecule has 1 saturated heterocycles. The predicted octanol–water partition coefficient (Wildman–Crippen LogP) is 4.15. The smallest absolute Gasteiger partial charge is 0.334 e. The van der Waals surface area contributed by atoms with E-state index in [0.29, 0.717) is 12.0 Å². The molecule has 18 heavy (non-hydrogen) atoms. The molecule has 1 atom stereocenters. The summed E-state index contributed by atoms with van der Waals surface area (Å²) < 4.78 is 6.40. The molecule has 2 aromatic rings. The number of carbonyl (C=O) groups is 1. The normalized spacial score (nSPS) is 19.3. The molecule has 0 aromatic heterocycles. The first-order chi connectivity index (χ1) is 8.66. The second kappa shape index (κ2) is 4.25. The monoisotopic (exact) mass is 302 g/mol. The summed E-state index contributed by atoms with van der Waals surface area (Å²) in [7, 11) is 0. The van der Waals surface area contributed by atoms with Crippen molar-refractivity contribution < 1.29 is 9.53 Å². The van der Waals surface area contributed by atoms with E-state index in [0.717, 1.165) is 20.8 Å². The van der Waals surface area contributed by atoms with Gasteiger partial charge in [0.15, 0.2) is 0 Å². The van der Waals surface area contributed by atoms with E-state index in [1.165, 1.54) is 0 Å². The summed E-state index contributed by atoms with van der Waals surface area (Å²) in [5.74, 6) is -0.285. The highest BCUT2D eigenvalue weighted by Gasteiger charge is 2.29. The first-order valence-electron chi connectivity index (χ1n) is 5.72. The van der Waals surface area contributed by atoms with E-state index in [4.69, 9.17) is 4.74 Å². The highest BCUT2D eigenvalue weighted by atomic mass is 79.9. The van der Waals surface area contributed by atoms with E-state index in [2.05, 4.69) is 28.6 Å². The molecule has 0 saturated carbocycles. The third-order valence-corrected chi connectivity index (χ3v) is 3.91. The lowest BCUT2D eigenvalue weighted by Gasteiger charge is -2.13. The zero-order chi connectivity index (χ0) is 12.7. The molecule has 3 rings (SSSR count). The Bertz CT molecular complexity index is 645. The van der Waals surface area contributed by atoms with Gasteiger partial charge in [-0.2, -0.15) is 0 Å². The van der Waals surface area contributed by atoms with Crippen molar-refractivity contribution in [1.82, 2.24) is 0 Å². The third-order valence-electron chi connectivity index (χ3n) is 3.22. The van der Waals surface area contributed by atoms with Crippen LogP contribution in [0.4, 0.5) is 0 Å². The zero-order valence-corrected chi connectivity index (χ0v) is 11.2. The highest BCUT2D eigenvalue weighted by Crippen LogP contribution is 2.37. The topological polar surface area (TPSA) is 26.3 Å². The number of halogens is 1. The van der Waals surface area contributed by atoms with E-state index < -0.39 is 0 Å². The van der Waals surface area contributed by atoms with Gasteiger partial charge < -0.3 is 4.74 Å². The van der Waals surface area contributed by atoms with Crippen molar-refractivity contribution in [2.24, 2.45) is 0 Å². The second-order valence-corrected chi connectivity index (χ2v) is 5.24. The zero-order valence-electron chi connectivity index (χ0n) is 9.65. The molecule has 2 aromatic carbocycles. The number of hydrogen-bond acceptors (Lipinski definition) is 2. The average Bonchev–Trinajstić information content (AvgIpc) is 2.70. The summed E-state index contributed by atoms with van der Waals surface area (Å²) in [6.07, 6.45) is 0.368. The minimum atomic E-state index is -0.285. The van der Waals surface area contributed by atoms with Gasteiger partial charge in [0.1, 0.15) is 6.10 Å². The van der Waals surface area contributed by atoms with E-state index in [9.17, 15) is 4.79 Å². The molecule has 0 spiro atoms. The van der Waals surface area contributed by atoms with Crippen LogP contribution in [0.5, 0.6) is 0 Å². The molecular formula is C15H11BrO2. The molecule has 1 fully saturated rings. The standard InChI is InChI=1S/C15H11BrO2/c1-9-8-14(18-15(9)17)12-6-7-13(16)11-5-3-2-4-10(11)12/h2-7,14H,1,8H2. The van der Waals surface area contributed by atoms with Crippen LogP contribution in [0.15, 0.2) is 53.0 Å². The fourth-order valence-corrected chi connectivity index (χ4v) is 2.78. The first kappa shape index (κ1) is 11.5. The van der Waals surface area contributed by atoms with Crippen molar-refractivity contribution in [3.63, 3.8) is 0 Å². The van der Waals surface area contributed by atoms with E-state index >= 15 is 0 Å². The number of ether oxygens (including phenoxy) is 1. The Labute approximate surface area is 113 Å². The maximum absolute atomic E-state index is 11.4. The van der Waals surface area contributed by atoms with Crippen molar-refractivity contribution in [3.05, 3.63) is 58.6 Å². The number of rotatable bonds is 1. The number of carbonyl (C=O) groups excluding carboxylic acids is 1. The van der Waals surface area contributed by atoms with Crippen LogP contribution in [0, 0.1) is 0 Å². The number of fused-ring (bicyclic) bond motifs is 1. The fourth-order valence-electron chi connectivity index (χ4n) is 2.30. The van der Waals surface area contributed by atoms with Crippen molar-refractivity contribution in [2.45, 2.75) is 12.5 Å². The van der Waals surface area contributed by atoms with Crippen molar-refractivity contribution in [2.75, 3.05) is 0 Å². The Morgan fingerprint density at radius 2 is 1.89 bits per heavy atom. The van der Waals surface area contributed by atoms with Crippen LogP contribution < -0.4 is 0 Å². The number of esters is 1. The summed E-state index contributed by atoms with van der Waals surface area (Å²) in [5, 5.41) is 2.24. The Hall–Kier alpha value is -1.61. The van der Waals surface area contributed by atoms with Gasteiger partial charge in [0.05, 0.1) is 0 Å². The van der Waals surface area contributed by atoms with Crippen molar-refractivity contribution >= 4 is 32.7 Å². The largest absolute Gasteiger partial charge is 0.454 e. The molecule has 0 amide bonds. The van der Waals surface area contributed by atoms with Gasteiger partial charge in [0.25, 0.3) is 0 Å². The van der Waals surface area contributed by atoms with Crippen LogP contribution in [0.3, 0.4) is 0 Å². The molecule has 1 aliphatic heterocycles. The Morgan fingerprint density at radius 3 is 2.56 bits per heavy atom. The molecule has 0 aliphatic carbocycles. The van der Waals surface area contributed by atoms with Crippen LogP contribution in [-0.4, -0.2) is 5.97 Å². The molecule has 90 valence electrons. The van der Waals surface area contributed by atoms with Crippen LogP contribution in [0.2, 0.25) is 0 Å².